The lowest BCUT2D eigenvalue weighted by molar-refractivity contribution is 0.0592. The van der Waals surface area contributed by atoms with Gasteiger partial charge >= 0.3 is 0 Å². The Morgan fingerprint density at radius 2 is 2.05 bits per heavy atom. The Morgan fingerprint density at radius 3 is 2.74 bits per heavy atom. The van der Waals surface area contributed by atoms with Gasteiger partial charge in [-0.15, -0.1) is 0 Å². The van der Waals surface area contributed by atoms with Crippen molar-refractivity contribution in [3.05, 3.63) is 33.8 Å². The molecule has 0 aliphatic carbocycles. The predicted molar refractivity (Wildman–Crippen MR) is 79.0 cm³/mol. The molecule has 1 aromatic rings. The summed E-state index contributed by atoms with van der Waals surface area (Å²) in [5, 5.41) is 11.0. The summed E-state index contributed by atoms with van der Waals surface area (Å²) in [6.45, 7) is 0.243. The van der Waals surface area contributed by atoms with Crippen LogP contribution in [0.2, 0.25) is 10.0 Å². The van der Waals surface area contributed by atoms with Crippen LogP contribution in [-0.4, -0.2) is 35.7 Å². The molecule has 0 spiro atoms. The molecule has 0 amide bonds. The van der Waals surface area contributed by atoms with E-state index in [2.05, 4.69) is 18.0 Å². The van der Waals surface area contributed by atoms with Gasteiger partial charge in [-0.3, -0.25) is 0 Å². The zero-order valence-electron chi connectivity index (χ0n) is 11.0. The minimum atomic E-state index is 0.243. The van der Waals surface area contributed by atoms with Crippen LogP contribution in [0.3, 0.4) is 0 Å². The van der Waals surface area contributed by atoms with Crippen LogP contribution in [0, 0.1) is 5.92 Å². The lowest BCUT2D eigenvalue weighted by Crippen LogP contribution is -2.47. The fraction of sp³-hybridized carbons (Fsp3) is 0.600. The zero-order valence-corrected chi connectivity index (χ0v) is 12.5. The van der Waals surface area contributed by atoms with E-state index >= 15 is 0 Å². The maximum absolute atomic E-state index is 9.80. The number of nitrogens with zero attached hydrogens (tertiary/aromatic N) is 1. The number of piperidine rings is 1. The molecule has 0 unspecified atom stereocenters. The van der Waals surface area contributed by atoms with Crippen LogP contribution < -0.4 is 0 Å². The summed E-state index contributed by atoms with van der Waals surface area (Å²) in [6, 6.07) is 7.05. The quantitative estimate of drug-likeness (QED) is 0.903. The zero-order chi connectivity index (χ0) is 13.6. The predicted octanol–water partition coefficient (Wildman–Crippen LogP) is 3.55. The van der Waals surface area contributed by atoms with Crippen LogP contribution in [-0.2, 0) is 0 Å². The molecule has 2 bridgehead atoms. The van der Waals surface area contributed by atoms with Gasteiger partial charge < -0.3 is 10.0 Å². The largest absolute Gasteiger partial charge is 0.396 e. The summed E-state index contributed by atoms with van der Waals surface area (Å²) in [7, 11) is 2.19. The minimum Gasteiger partial charge on any atom is -0.396 e. The SMILES string of the molecule is CN1[C@H]2CC[C@@H]1[C@H](CO)[C@@H](c1ccc(Cl)c(Cl)c1)C2. The van der Waals surface area contributed by atoms with Gasteiger partial charge in [0.1, 0.15) is 0 Å². The molecule has 2 aliphatic heterocycles. The van der Waals surface area contributed by atoms with Gasteiger partial charge in [0.25, 0.3) is 0 Å². The molecule has 0 aromatic heterocycles. The van der Waals surface area contributed by atoms with Crippen molar-refractivity contribution in [2.75, 3.05) is 13.7 Å². The molecular weight excluding hydrogens is 281 g/mol. The van der Waals surface area contributed by atoms with E-state index in [1.807, 2.05) is 12.1 Å². The summed E-state index contributed by atoms with van der Waals surface area (Å²) in [5.41, 5.74) is 1.22. The molecule has 4 heteroatoms. The van der Waals surface area contributed by atoms with Gasteiger partial charge in [0.05, 0.1) is 10.0 Å². The van der Waals surface area contributed by atoms with Crippen molar-refractivity contribution in [2.24, 2.45) is 5.92 Å². The Hall–Kier alpha value is -0.280. The monoisotopic (exact) mass is 299 g/mol. The van der Waals surface area contributed by atoms with Crippen molar-refractivity contribution in [1.82, 2.24) is 4.90 Å². The van der Waals surface area contributed by atoms with Gasteiger partial charge in [0, 0.05) is 24.6 Å². The first-order valence-corrected chi connectivity index (χ1v) is 7.65. The average Bonchev–Trinajstić information content (AvgIpc) is 2.65. The minimum absolute atomic E-state index is 0.243. The van der Waals surface area contributed by atoms with Gasteiger partial charge in [-0.1, -0.05) is 29.3 Å². The van der Waals surface area contributed by atoms with Crippen LogP contribution in [0.15, 0.2) is 18.2 Å². The number of halogens is 2. The second kappa shape index (κ2) is 5.25. The average molecular weight is 300 g/mol. The lowest BCUT2D eigenvalue weighted by Gasteiger charge is -2.42. The van der Waals surface area contributed by atoms with Crippen LogP contribution >= 0.6 is 23.2 Å². The van der Waals surface area contributed by atoms with E-state index in [1.54, 1.807) is 0 Å². The number of aliphatic hydroxyl groups is 1. The molecule has 2 fully saturated rings. The van der Waals surface area contributed by atoms with E-state index in [0.29, 0.717) is 34.0 Å². The van der Waals surface area contributed by atoms with Crippen molar-refractivity contribution >= 4 is 23.2 Å². The maximum atomic E-state index is 9.80. The molecule has 104 valence electrons. The van der Waals surface area contributed by atoms with Gasteiger partial charge in [0.15, 0.2) is 0 Å². The van der Waals surface area contributed by atoms with Crippen molar-refractivity contribution < 1.29 is 5.11 Å². The Balaban J connectivity index is 1.93. The van der Waals surface area contributed by atoms with E-state index in [1.165, 1.54) is 18.4 Å². The second-order valence-electron chi connectivity index (χ2n) is 5.83. The van der Waals surface area contributed by atoms with Gasteiger partial charge in [-0.2, -0.15) is 0 Å². The van der Waals surface area contributed by atoms with E-state index in [0.717, 1.165) is 6.42 Å². The third kappa shape index (κ3) is 2.29. The highest BCUT2D eigenvalue weighted by molar-refractivity contribution is 6.42. The van der Waals surface area contributed by atoms with Crippen molar-refractivity contribution in [2.45, 2.75) is 37.3 Å². The molecule has 3 rings (SSSR count). The van der Waals surface area contributed by atoms with Crippen molar-refractivity contribution in [3.63, 3.8) is 0 Å². The van der Waals surface area contributed by atoms with Crippen LogP contribution in [0.4, 0.5) is 0 Å². The van der Waals surface area contributed by atoms with Crippen molar-refractivity contribution in [1.29, 1.82) is 0 Å². The standard InChI is InChI=1S/C15H19Cl2NO/c1-18-10-3-5-15(18)12(8-19)11(7-10)9-2-4-13(16)14(17)6-9/h2,4,6,10-12,15,19H,3,5,7-8H2,1H3/t10-,11+,12+,15+/m0/s1. The highest BCUT2D eigenvalue weighted by Gasteiger charge is 2.45. The molecule has 4 atom stereocenters. The first-order valence-electron chi connectivity index (χ1n) is 6.89. The molecular formula is C15H19Cl2NO. The number of fused-ring (bicyclic) bond motifs is 2. The van der Waals surface area contributed by atoms with Gasteiger partial charge in [0.2, 0.25) is 0 Å². The Labute approximate surface area is 124 Å². The number of hydrogen-bond acceptors (Lipinski definition) is 2. The first-order chi connectivity index (χ1) is 9.11. The van der Waals surface area contributed by atoms with Gasteiger partial charge in [-0.05, 0) is 49.9 Å². The molecule has 0 radical (unpaired) electrons. The second-order valence-corrected chi connectivity index (χ2v) is 6.64. The topological polar surface area (TPSA) is 23.5 Å². The summed E-state index contributed by atoms with van der Waals surface area (Å²) < 4.78 is 0. The molecule has 2 heterocycles. The number of rotatable bonds is 2. The van der Waals surface area contributed by atoms with Gasteiger partial charge in [-0.25, -0.2) is 0 Å². The Morgan fingerprint density at radius 1 is 1.26 bits per heavy atom. The molecule has 1 N–H and O–H groups in total. The third-order valence-corrected chi connectivity index (χ3v) is 5.75. The molecule has 2 saturated heterocycles. The molecule has 2 nitrogen and oxygen atoms in total. The summed E-state index contributed by atoms with van der Waals surface area (Å²) in [5.74, 6) is 0.703. The Bertz CT molecular complexity index is 479. The van der Waals surface area contributed by atoms with E-state index < -0.39 is 0 Å². The Kier molecular flexibility index (Phi) is 3.78. The van der Waals surface area contributed by atoms with Crippen molar-refractivity contribution in [3.8, 4) is 0 Å². The lowest BCUT2D eigenvalue weighted by atomic mass is 9.76. The van der Waals surface area contributed by atoms with E-state index in [4.69, 9.17) is 23.2 Å². The molecule has 2 aliphatic rings. The third-order valence-electron chi connectivity index (χ3n) is 5.01. The number of aliphatic hydroxyl groups excluding tert-OH is 1. The fourth-order valence-electron chi connectivity index (χ4n) is 3.95. The highest BCUT2D eigenvalue weighted by atomic mass is 35.5. The number of benzene rings is 1. The highest BCUT2D eigenvalue weighted by Crippen LogP contribution is 2.46. The normalized spacial score (nSPS) is 34.7. The van der Waals surface area contributed by atoms with Crippen LogP contribution in [0.1, 0.15) is 30.7 Å². The molecule has 19 heavy (non-hydrogen) atoms. The summed E-state index contributed by atoms with van der Waals surface area (Å²) in [6.07, 6.45) is 3.55. The first kappa shape index (κ1) is 13.7. The summed E-state index contributed by atoms with van der Waals surface area (Å²) in [4.78, 5) is 2.45. The van der Waals surface area contributed by atoms with E-state index in [-0.39, 0.29) is 6.61 Å². The fourth-order valence-corrected chi connectivity index (χ4v) is 4.26. The molecule has 1 aromatic carbocycles. The number of hydrogen-bond donors (Lipinski definition) is 1. The smallest absolute Gasteiger partial charge is 0.0595 e. The van der Waals surface area contributed by atoms with Crippen LogP contribution in [0.5, 0.6) is 0 Å². The maximum Gasteiger partial charge on any atom is 0.0595 e. The summed E-state index contributed by atoms with van der Waals surface area (Å²) >= 11 is 12.1. The molecule has 0 saturated carbocycles. The van der Waals surface area contributed by atoms with E-state index in [9.17, 15) is 5.11 Å². The van der Waals surface area contributed by atoms with Crippen LogP contribution in [0.25, 0.3) is 0 Å².